The Morgan fingerprint density at radius 1 is 1.07 bits per heavy atom. The molecule has 0 saturated carbocycles. The van der Waals surface area contributed by atoms with Gasteiger partial charge in [0.2, 0.25) is 0 Å². The lowest BCUT2D eigenvalue weighted by molar-refractivity contribution is -0.151. The third kappa shape index (κ3) is 4.50. The van der Waals surface area contributed by atoms with Gasteiger partial charge >= 0.3 is 5.97 Å². The van der Waals surface area contributed by atoms with Crippen LogP contribution in [0.25, 0.3) is 5.57 Å². The molecule has 5 heteroatoms. The second-order valence-corrected chi connectivity index (χ2v) is 6.82. The number of allylic oxidation sites excluding steroid dienone is 2. The molecule has 0 radical (unpaired) electrons. The first-order valence-corrected chi connectivity index (χ1v) is 9.86. The van der Waals surface area contributed by atoms with Crippen LogP contribution < -0.4 is 9.47 Å². The van der Waals surface area contributed by atoms with Crippen molar-refractivity contribution in [3.63, 3.8) is 0 Å². The van der Waals surface area contributed by atoms with E-state index in [9.17, 15) is 9.59 Å². The number of methoxy groups -OCH3 is 1. The van der Waals surface area contributed by atoms with Crippen LogP contribution in [-0.2, 0) is 14.3 Å². The Bertz CT molecular complexity index is 915. The zero-order valence-corrected chi connectivity index (χ0v) is 17.0. The van der Waals surface area contributed by atoms with Gasteiger partial charge in [0.25, 0.3) is 0 Å². The summed E-state index contributed by atoms with van der Waals surface area (Å²) in [5, 5.41) is 0. The minimum atomic E-state index is -0.883. The SMILES string of the molecule is CCOC(=O)[C@H]1C(=O)C=C(c2cccc(OC)c2)C[C@H]1c1ccccc1OCC. The fourth-order valence-corrected chi connectivity index (χ4v) is 3.77. The summed E-state index contributed by atoms with van der Waals surface area (Å²) in [6, 6.07) is 15.2. The molecule has 2 atom stereocenters. The van der Waals surface area contributed by atoms with E-state index >= 15 is 0 Å². The van der Waals surface area contributed by atoms with Crippen LogP contribution in [0, 0.1) is 5.92 Å². The van der Waals surface area contributed by atoms with Gasteiger partial charge in [-0.05, 0) is 61.2 Å². The summed E-state index contributed by atoms with van der Waals surface area (Å²) >= 11 is 0. The average molecular weight is 394 g/mol. The van der Waals surface area contributed by atoms with Crippen molar-refractivity contribution < 1.29 is 23.8 Å². The van der Waals surface area contributed by atoms with Gasteiger partial charge in [0.05, 0.1) is 20.3 Å². The summed E-state index contributed by atoms with van der Waals surface area (Å²) in [6.45, 7) is 4.38. The summed E-state index contributed by atoms with van der Waals surface area (Å²) in [5.74, 6) is -0.580. The highest BCUT2D eigenvalue weighted by Crippen LogP contribution is 2.43. The minimum absolute atomic E-state index is 0.231. The Kier molecular flexibility index (Phi) is 6.70. The number of ether oxygens (including phenoxy) is 3. The first kappa shape index (κ1) is 20.6. The largest absolute Gasteiger partial charge is 0.497 e. The van der Waals surface area contributed by atoms with Crippen LogP contribution >= 0.6 is 0 Å². The van der Waals surface area contributed by atoms with Gasteiger partial charge in [0.1, 0.15) is 17.4 Å². The van der Waals surface area contributed by atoms with Gasteiger partial charge in [-0.3, -0.25) is 9.59 Å². The van der Waals surface area contributed by atoms with Crippen molar-refractivity contribution >= 4 is 17.3 Å². The number of hydrogen-bond acceptors (Lipinski definition) is 5. The van der Waals surface area contributed by atoms with Gasteiger partial charge < -0.3 is 14.2 Å². The molecule has 2 aromatic carbocycles. The maximum Gasteiger partial charge on any atom is 0.317 e. The number of benzene rings is 2. The molecule has 0 bridgehead atoms. The van der Waals surface area contributed by atoms with E-state index in [1.54, 1.807) is 20.1 Å². The first-order valence-electron chi connectivity index (χ1n) is 9.86. The van der Waals surface area contributed by atoms with Crippen LogP contribution in [0.1, 0.15) is 37.3 Å². The Labute approximate surface area is 171 Å². The number of para-hydroxylation sites is 1. The lowest BCUT2D eigenvalue weighted by Gasteiger charge is -2.30. The number of esters is 1. The molecule has 0 aliphatic heterocycles. The van der Waals surface area contributed by atoms with Crippen molar-refractivity contribution in [2.75, 3.05) is 20.3 Å². The van der Waals surface area contributed by atoms with Crippen molar-refractivity contribution in [2.45, 2.75) is 26.2 Å². The van der Waals surface area contributed by atoms with E-state index in [0.29, 0.717) is 18.8 Å². The van der Waals surface area contributed by atoms with Crippen LogP contribution in [0.3, 0.4) is 0 Å². The fraction of sp³-hybridized carbons (Fsp3) is 0.333. The van der Waals surface area contributed by atoms with Crippen molar-refractivity contribution in [2.24, 2.45) is 5.92 Å². The molecule has 0 heterocycles. The summed E-state index contributed by atoms with van der Waals surface area (Å²) in [7, 11) is 1.61. The Hall–Kier alpha value is -3.08. The summed E-state index contributed by atoms with van der Waals surface area (Å²) in [4.78, 5) is 25.7. The van der Waals surface area contributed by atoms with Crippen LogP contribution in [0.4, 0.5) is 0 Å². The molecule has 0 unspecified atom stereocenters. The lowest BCUT2D eigenvalue weighted by Crippen LogP contribution is -2.34. The van der Waals surface area contributed by atoms with Crippen molar-refractivity contribution in [3.05, 3.63) is 65.7 Å². The highest BCUT2D eigenvalue weighted by Gasteiger charge is 2.40. The van der Waals surface area contributed by atoms with Crippen LogP contribution in [0.15, 0.2) is 54.6 Å². The Balaban J connectivity index is 2.06. The fourth-order valence-electron chi connectivity index (χ4n) is 3.77. The average Bonchev–Trinajstić information content (AvgIpc) is 2.74. The van der Waals surface area contributed by atoms with E-state index in [0.717, 1.165) is 22.4 Å². The zero-order chi connectivity index (χ0) is 20.8. The van der Waals surface area contributed by atoms with Gasteiger partial charge in [-0.15, -0.1) is 0 Å². The second kappa shape index (κ2) is 9.41. The van der Waals surface area contributed by atoms with Crippen molar-refractivity contribution in [1.82, 2.24) is 0 Å². The third-order valence-corrected chi connectivity index (χ3v) is 5.06. The molecule has 0 spiro atoms. The van der Waals surface area contributed by atoms with Crippen LogP contribution in [0.2, 0.25) is 0 Å². The van der Waals surface area contributed by atoms with Gasteiger partial charge in [-0.1, -0.05) is 30.3 Å². The van der Waals surface area contributed by atoms with E-state index in [-0.39, 0.29) is 18.3 Å². The normalized spacial score (nSPS) is 18.7. The maximum atomic E-state index is 13.1. The minimum Gasteiger partial charge on any atom is -0.497 e. The van der Waals surface area contributed by atoms with Gasteiger partial charge in [0.15, 0.2) is 5.78 Å². The predicted octanol–water partition coefficient (Wildman–Crippen LogP) is 4.41. The summed E-state index contributed by atoms with van der Waals surface area (Å²) < 4.78 is 16.3. The van der Waals surface area contributed by atoms with Crippen molar-refractivity contribution in [3.8, 4) is 11.5 Å². The van der Waals surface area contributed by atoms with E-state index < -0.39 is 11.9 Å². The maximum absolute atomic E-state index is 13.1. The first-order chi connectivity index (χ1) is 14.1. The van der Waals surface area contributed by atoms with E-state index in [1.807, 2.05) is 55.5 Å². The molecule has 0 amide bonds. The quantitative estimate of drug-likeness (QED) is 0.514. The topological polar surface area (TPSA) is 61.8 Å². The Morgan fingerprint density at radius 2 is 1.86 bits per heavy atom. The van der Waals surface area contributed by atoms with E-state index in [1.165, 1.54) is 0 Å². The summed E-state index contributed by atoms with van der Waals surface area (Å²) in [5.41, 5.74) is 2.61. The highest BCUT2D eigenvalue weighted by molar-refractivity contribution is 6.10. The number of hydrogen-bond donors (Lipinski definition) is 0. The van der Waals surface area contributed by atoms with Crippen molar-refractivity contribution in [1.29, 1.82) is 0 Å². The second-order valence-electron chi connectivity index (χ2n) is 6.82. The van der Waals surface area contributed by atoms with Gasteiger partial charge in [-0.2, -0.15) is 0 Å². The third-order valence-electron chi connectivity index (χ3n) is 5.06. The molecule has 152 valence electrons. The standard InChI is InChI=1S/C24H26O5/c1-4-28-22-12-7-6-11-19(22)20-14-17(16-9-8-10-18(13-16)27-3)15-21(25)23(20)24(26)29-5-2/h6-13,15,20,23H,4-5,14H2,1-3H3/t20-,23+/m0/s1. The molecule has 0 aromatic heterocycles. The van der Waals surface area contributed by atoms with E-state index in [4.69, 9.17) is 14.2 Å². The zero-order valence-electron chi connectivity index (χ0n) is 17.0. The summed E-state index contributed by atoms with van der Waals surface area (Å²) in [6.07, 6.45) is 2.09. The molecular formula is C24H26O5. The highest BCUT2D eigenvalue weighted by atomic mass is 16.5. The molecule has 2 aromatic rings. The molecule has 1 aliphatic rings. The molecular weight excluding hydrogens is 368 g/mol. The van der Waals surface area contributed by atoms with E-state index in [2.05, 4.69) is 0 Å². The van der Waals surface area contributed by atoms with Crippen LogP contribution in [-0.4, -0.2) is 32.1 Å². The van der Waals surface area contributed by atoms with Gasteiger partial charge in [0, 0.05) is 5.92 Å². The van der Waals surface area contributed by atoms with Crippen LogP contribution in [0.5, 0.6) is 11.5 Å². The number of carbonyl (C=O) groups excluding carboxylic acids is 2. The molecule has 3 rings (SSSR count). The predicted molar refractivity (Wildman–Crippen MR) is 111 cm³/mol. The molecule has 1 aliphatic carbocycles. The number of rotatable bonds is 7. The molecule has 5 nitrogen and oxygen atoms in total. The smallest absolute Gasteiger partial charge is 0.317 e. The monoisotopic (exact) mass is 394 g/mol. The lowest BCUT2D eigenvalue weighted by atomic mass is 9.73. The molecule has 29 heavy (non-hydrogen) atoms. The number of ketones is 1. The Morgan fingerprint density at radius 3 is 2.59 bits per heavy atom. The molecule has 0 saturated heterocycles. The number of carbonyl (C=O) groups is 2. The molecule has 0 N–H and O–H groups in total. The van der Waals surface area contributed by atoms with Gasteiger partial charge in [-0.25, -0.2) is 0 Å². The molecule has 0 fully saturated rings.